The zero-order valence-corrected chi connectivity index (χ0v) is 14.3. The molecule has 1 heterocycles. The van der Waals surface area contributed by atoms with Crippen molar-refractivity contribution in [3.8, 4) is 0 Å². The first-order chi connectivity index (χ1) is 9.30. The molecular weight excluding hydrogens is 244 g/mol. The van der Waals surface area contributed by atoms with Crippen LogP contribution in [0.5, 0.6) is 0 Å². The van der Waals surface area contributed by atoms with Crippen LogP contribution in [0.15, 0.2) is 12.7 Å². The van der Waals surface area contributed by atoms with Crippen molar-refractivity contribution in [2.45, 2.75) is 77.4 Å². The van der Waals surface area contributed by atoms with Gasteiger partial charge >= 0.3 is 0 Å². The van der Waals surface area contributed by atoms with Gasteiger partial charge in [-0.2, -0.15) is 0 Å². The Bertz CT molecular complexity index is 344. The Balaban J connectivity index is 1.82. The number of likely N-dealkylation sites (tertiary alicyclic amines) is 1. The largest absolute Gasteiger partial charge is 0.306 e. The van der Waals surface area contributed by atoms with Crippen molar-refractivity contribution < 1.29 is 0 Å². The standard InChI is InChI=1S/C18H34N2/c1-7-8-9-10-11-19(6)14-18-12-15(2)20(16(18)13-18)17(3,4)5/h7,15-16H,1,8-14H2,2-6H3/t15?,16-,18+/m1/s1. The molecule has 0 radical (unpaired) electrons. The van der Waals surface area contributed by atoms with E-state index in [4.69, 9.17) is 0 Å². The van der Waals surface area contributed by atoms with E-state index in [1.54, 1.807) is 0 Å². The van der Waals surface area contributed by atoms with Crippen LogP contribution < -0.4 is 0 Å². The van der Waals surface area contributed by atoms with E-state index in [0.717, 1.165) is 18.5 Å². The molecule has 116 valence electrons. The fourth-order valence-electron chi connectivity index (χ4n) is 4.58. The SMILES string of the molecule is C=CCCCCN(C)C[C@@]12CC(C)N(C(C)(C)C)[C@@H]1C2. The van der Waals surface area contributed by atoms with E-state index < -0.39 is 0 Å². The molecule has 2 rings (SSSR count). The highest BCUT2D eigenvalue weighted by Crippen LogP contribution is 2.61. The van der Waals surface area contributed by atoms with Gasteiger partial charge in [0.2, 0.25) is 0 Å². The molecule has 1 aliphatic heterocycles. The lowest BCUT2D eigenvalue weighted by Gasteiger charge is -2.37. The van der Waals surface area contributed by atoms with Gasteiger partial charge in [-0.15, -0.1) is 6.58 Å². The Hall–Kier alpha value is -0.340. The second-order valence-electron chi connectivity index (χ2n) is 8.24. The maximum Gasteiger partial charge on any atom is 0.0179 e. The van der Waals surface area contributed by atoms with Crippen LogP contribution in [0, 0.1) is 5.41 Å². The smallest absolute Gasteiger partial charge is 0.0179 e. The van der Waals surface area contributed by atoms with Gasteiger partial charge < -0.3 is 4.90 Å². The average Bonchev–Trinajstić information content (AvgIpc) is 2.87. The molecule has 0 aromatic heterocycles. The topological polar surface area (TPSA) is 6.48 Å². The molecular formula is C18H34N2. The summed E-state index contributed by atoms with van der Waals surface area (Å²) in [7, 11) is 2.31. The maximum atomic E-state index is 3.80. The Morgan fingerprint density at radius 2 is 2.00 bits per heavy atom. The molecule has 1 saturated carbocycles. The highest BCUT2D eigenvalue weighted by molar-refractivity contribution is 5.19. The molecule has 1 aliphatic carbocycles. The van der Waals surface area contributed by atoms with Crippen molar-refractivity contribution in [3.63, 3.8) is 0 Å². The van der Waals surface area contributed by atoms with Crippen LogP contribution in [0.4, 0.5) is 0 Å². The van der Waals surface area contributed by atoms with Crippen LogP contribution in [0.1, 0.15) is 59.8 Å². The van der Waals surface area contributed by atoms with E-state index in [-0.39, 0.29) is 0 Å². The van der Waals surface area contributed by atoms with E-state index in [1.165, 1.54) is 38.8 Å². The second-order valence-corrected chi connectivity index (χ2v) is 8.24. The van der Waals surface area contributed by atoms with Crippen LogP contribution in [0.25, 0.3) is 0 Å². The van der Waals surface area contributed by atoms with E-state index >= 15 is 0 Å². The fraction of sp³-hybridized carbons (Fsp3) is 0.889. The molecule has 2 nitrogen and oxygen atoms in total. The van der Waals surface area contributed by atoms with E-state index in [2.05, 4.69) is 51.1 Å². The Labute approximate surface area is 126 Å². The molecule has 0 N–H and O–H groups in total. The number of rotatable bonds is 7. The Morgan fingerprint density at radius 3 is 2.55 bits per heavy atom. The molecule has 1 saturated heterocycles. The zero-order chi connectivity index (χ0) is 15.0. The number of fused-ring (bicyclic) bond motifs is 1. The summed E-state index contributed by atoms with van der Waals surface area (Å²) in [6.07, 6.45) is 8.61. The quantitative estimate of drug-likeness (QED) is 0.514. The summed E-state index contributed by atoms with van der Waals surface area (Å²) in [4.78, 5) is 5.35. The lowest BCUT2D eigenvalue weighted by Crippen LogP contribution is -2.45. The molecule has 2 aliphatic rings. The van der Waals surface area contributed by atoms with Gasteiger partial charge in [0.05, 0.1) is 0 Å². The first-order valence-electron chi connectivity index (χ1n) is 8.38. The molecule has 0 aromatic rings. The predicted octanol–water partition coefficient (Wildman–Crippen LogP) is 3.93. The molecule has 3 atom stereocenters. The van der Waals surface area contributed by atoms with Gasteiger partial charge in [-0.25, -0.2) is 0 Å². The van der Waals surface area contributed by atoms with Gasteiger partial charge in [0.1, 0.15) is 0 Å². The van der Waals surface area contributed by atoms with Crippen LogP contribution in [0.3, 0.4) is 0 Å². The number of unbranched alkanes of at least 4 members (excludes halogenated alkanes) is 2. The summed E-state index contributed by atoms with van der Waals surface area (Å²) >= 11 is 0. The third kappa shape index (κ3) is 3.28. The monoisotopic (exact) mass is 278 g/mol. The van der Waals surface area contributed by atoms with Crippen molar-refractivity contribution >= 4 is 0 Å². The van der Waals surface area contributed by atoms with E-state index in [0.29, 0.717) is 11.0 Å². The van der Waals surface area contributed by atoms with Crippen LogP contribution in [-0.2, 0) is 0 Å². The minimum atomic E-state index is 0.324. The highest BCUT2D eigenvalue weighted by atomic mass is 15.3. The van der Waals surface area contributed by atoms with Crippen molar-refractivity contribution in [3.05, 3.63) is 12.7 Å². The van der Waals surface area contributed by atoms with Crippen LogP contribution >= 0.6 is 0 Å². The molecule has 1 unspecified atom stereocenters. The van der Waals surface area contributed by atoms with Gasteiger partial charge in [0, 0.05) is 29.6 Å². The summed E-state index contributed by atoms with van der Waals surface area (Å²) in [6.45, 7) is 15.9. The molecule has 0 bridgehead atoms. The zero-order valence-electron chi connectivity index (χ0n) is 14.3. The minimum Gasteiger partial charge on any atom is -0.306 e. The average molecular weight is 278 g/mol. The summed E-state index contributed by atoms with van der Waals surface area (Å²) in [6, 6.07) is 1.59. The van der Waals surface area contributed by atoms with Gasteiger partial charge in [-0.3, -0.25) is 4.90 Å². The lowest BCUT2D eigenvalue weighted by molar-refractivity contribution is 0.104. The summed E-state index contributed by atoms with van der Waals surface area (Å²) in [5.41, 5.74) is 0.935. The van der Waals surface area contributed by atoms with Gasteiger partial charge in [-0.05, 0) is 73.4 Å². The van der Waals surface area contributed by atoms with Gasteiger partial charge in [-0.1, -0.05) is 6.08 Å². The van der Waals surface area contributed by atoms with Crippen molar-refractivity contribution in [2.24, 2.45) is 5.41 Å². The molecule has 0 spiro atoms. The first-order valence-corrected chi connectivity index (χ1v) is 8.38. The van der Waals surface area contributed by atoms with Crippen molar-refractivity contribution in [2.75, 3.05) is 20.1 Å². The molecule has 2 heteroatoms. The third-order valence-electron chi connectivity index (χ3n) is 5.22. The molecule has 2 fully saturated rings. The summed E-state index contributed by atoms with van der Waals surface area (Å²) in [5, 5.41) is 0. The predicted molar refractivity (Wildman–Crippen MR) is 88.1 cm³/mol. The third-order valence-corrected chi connectivity index (χ3v) is 5.22. The van der Waals surface area contributed by atoms with Crippen molar-refractivity contribution in [1.82, 2.24) is 9.80 Å². The number of hydrogen-bond donors (Lipinski definition) is 0. The number of hydrogen-bond acceptors (Lipinski definition) is 2. The molecule has 0 aromatic carbocycles. The molecule has 20 heavy (non-hydrogen) atoms. The number of piperidine rings is 1. The second kappa shape index (κ2) is 5.81. The lowest BCUT2D eigenvalue weighted by atomic mass is 9.99. The first kappa shape index (κ1) is 16.0. The van der Waals surface area contributed by atoms with E-state index in [9.17, 15) is 0 Å². The minimum absolute atomic E-state index is 0.324. The number of allylic oxidation sites excluding steroid dienone is 1. The van der Waals surface area contributed by atoms with Crippen LogP contribution in [0.2, 0.25) is 0 Å². The Morgan fingerprint density at radius 1 is 1.30 bits per heavy atom. The summed E-state index contributed by atoms with van der Waals surface area (Å²) in [5.74, 6) is 0. The molecule has 0 amide bonds. The van der Waals surface area contributed by atoms with Crippen molar-refractivity contribution in [1.29, 1.82) is 0 Å². The fourth-order valence-corrected chi connectivity index (χ4v) is 4.58. The maximum absolute atomic E-state index is 3.80. The van der Waals surface area contributed by atoms with E-state index in [1.807, 2.05) is 6.08 Å². The van der Waals surface area contributed by atoms with Crippen LogP contribution in [-0.4, -0.2) is 47.6 Å². The Kier molecular flexibility index (Phi) is 4.66. The number of nitrogens with zero attached hydrogens (tertiary/aromatic N) is 2. The summed E-state index contributed by atoms with van der Waals surface area (Å²) < 4.78 is 0. The van der Waals surface area contributed by atoms with Gasteiger partial charge in [0.15, 0.2) is 0 Å². The van der Waals surface area contributed by atoms with Gasteiger partial charge in [0.25, 0.3) is 0 Å². The highest BCUT2D eigenvalue weighted by Gasteiger charge is 2.65. The normalized spacial score (nSPS) is 33.5.